The van der Waals surface area contributed by atoms with Gasteiger partial charge < -0.3 is 9.47 Å². The van der Waals surface area contributed by atoms with Crippen LogP contribution in [0.1, 0.15) is 30.6 Å². The van der Waals surface area contributed by atoms with Crippen LogP contribution in [-0.4, -0.2) is 26.6 Å². The van der Waals surface area contributed by atoms with Gasteiger partial charge in [-0.1, -0.05) is 25.3 Å². The largest absolute Gasteiger partial charge is 0.371 e. The molecule has 0 amide bonds. The number of ether oxygens (including phenoxy) is 2. The molecule has 1 aliphatic heterocycles. The first kappa shape index (κ1) is 13.6. The summed E-state index contributed by atoms with van der Waals surface area (Å²) >= 11 is 0. The Bertz CT molecular complexity index is 419. The molecule has 1 heterocycles. The van der Waals surface area contributed by atoms with E-state index < -0.39 is 0 Å². The molecule has 0 aromatic heterocycles. The summed E-state index contributed by atoms with van der Waals surface area (Å²) in [7, 11) is 2.00. The summed E-state index contributed by atoms with van der Waals surface area (Å²) in [6, 6.07) is 3.48. The maximum Gasteiger partial charge on any atom is 0.148 e. The van der Waals surface area contributed by atoms with Crippen molar-refractivity contribution in [3.63, 3.8) is 0 Å². The summed E-state index contributed by atoms with van der Waals surface area (Å²) in [6.07, 6.45) is 1.01. The van der Waals surface area contributed by atoms with E-state index in [0.717, 1.165) is 24.1 Å². The smallest absolute Gasteiger partial charge is 0.148 e. The van der Waals surface area contributed by atoms with Gasteiger partial charge in [0.1, 0.15) is 19.2 Å². The molecule has 0 aliphatic carbocycles. The molecule has 0 saturated carbocycles. The van der Waals surface area contributed by atoms with Gasteiger partial charge in [-0.3, -0.25) is 0 Å². The monoisotopic (exact) mass is 249 g/mol. The van der Waals surface area contributed by atoms with Crippen LogP contribution < -0.4 is 5.46 Å². The third-order valence-electron chi connectivity index (χ3n) is 3.28. The highest BCUT2D eigenvalue weighted by molar-refractivity contribution is 6.52. The predicted molar refractivity (Wildman–Crippen MR) is 71.1 cm³/mol. The molecule has 2 nitrogen and oxygen atoms in total. The third-order valence-corrected chi connectivity index (χ3v) is 3.28. The van der Waals surface area contributed by atoms with Crippen LogP contribution in [0, 0.1) is 12.7 Å². The standard InChI is InChI=1S/C14H19BFO2/c1-4-14(18-8-10-7-17-10)11-6-13(16)9(2)5-12(11)15-3/h5-6,10,14H,4,7-8H2,1-3H3/t10-,14-/m1/s1. The minimum Gasteiger partial charge on any atom is -0.371 e. The van der Waals surface area contributed by atoms with Gasteiger partial charge in [-0.25, -0.2) is 4.39 Å². The van der Waals surface area contributed by atoms with Gasteiger partial charge in [-0.05, 0) is 30.5 Å². The molecule has 2 atom stereocenters. The minimum absolute atomic E-state index is 0.0597. The topological polar surface area (TPSA) is 21.8 Å². The molecule has 1 saturated heterocycles. The van der Waals surface area contributed by atoms with Crippen LogP contribution in [0.25, 0.3) is 0 Å². The average molecular weight is 249 g/mol. The van der Waals surface area contributed by atoms with Crippen molar-refractivity contribution in [2.75, 3.05) is 13.2 Å². The van der Waals surface area contributed by atoms with Crippen molar-refractivity contribution in [1.29, 1.82) is 0 Å². The van der Waals surface area contributed by atoms with Gasteiger partial charge in [0.2, 0.25) is 0 Å². The van der Waals surface area contributed by atoms with Gasteiger partial charge in [0.15, 0.2) is 0 Å². The van der Waals surface area contributed by atoms with E-state index in [0.29, 0.717) is 12.2 Å². The third kappa shape index (κ3) is 3.12. The summed E-state index contributed by atoms with van der Waals surface area (Å²) < 4.78 is 24.7. The maximum absolute atomic E-state index is 13.7. The van der Waals surface area contributed by atoms with Crippen LogP contribution in [0.15, 0.2) is 12.1 Å². The highest BCUT2D eigenvalue weighted by Crippen LogP contribution is 2.23. The first-order chi connectivity index (χ1) is 8.65. The van der Waals surface area contributed by atoms with Gasteiger partial charge in [0.25, 0.3) is 0 Å². The lowest BCUT2D eigenvalue weighted by Gasteiger charge is -2.20. The quantitative estimate of drug-likeness (QED) is 0.570. The minimum atomic E-state index is -0.166. The van der Waals surface area contributed by atoms with E-state index in [2.05, 4.69) is 6.92 Å². The molecule has 18 heavy (non-hydrogen) atoms. The number of benzene rings is 1. The van der Waals surface area contributed by atoms with E-state index in [1.807, 2.05) is 20.2 Å². The Morgan fingerprint density at radius 2 is 2.28 bits per heavy atom. The number of epoxide rings is 1. The first-order valence-electron chi connectivity index (χ1n) is 6.48. The molecule has 4 heteroatoms. The highest BCUT2D eigenvalue weighted by atomic mass is 19.1. The number of halogens is 1. The van der Waals surface area contributed by atoms with Gasteiger partial charge in [0, 0.05) is 0 Å². The Morgan fingerprint density at radius 1 is 1.56 bits per heavy atom. The molecule has 0 N–H and O–H groups in total. The lowest BCUT2D eigenvalue weighted by atomic mass is 9.69. The van der Waals surface area contributed by atoms with Crippen molar-refractivity contribution in [2.24, 2.45) is 0 Å². The zero-order chi connectivity index (χ0) is 13.1. The molecule has 1 radical (unpaired) electrons. The summed E-state index contributed by atoms with van der Waals surface area (Å²) in [5.41, 5.74) is 2.66. The second-order valence-electron chi connectivity index (χ2n) is 4.70. The van der Waals surface area contributed by atoms with E-state index in [1.54, 1.807) is 13.0 Å². The molecule has 1 aromatic carbocycles. The van der Waals surface area contributed by atoms with Crippen molar-refractivity contribution in [1.82, 2.24) is 0 Å². The summed E-state index contributed by atoms with van der Waals surface area (Å²) in [5, 5.41) is 0. The van der Waals surface area contributed by atoms with Crippen molar-refractivity contribution >= 4 is 12.7 Å². The fourth-order valence-electron chi connectivity index (χ4n) is 2.06. The first-order valence-corrected chi connectivity index (χ1v) is 6.48. The summed E-state index contributed by atoms with van der Waals surface area (Å²) in [6.45, 7) is 7.18. The molecular weight excluding hydrogens is 230 g/mol. The van der Waals surface area contributed by atoms with Crippen molar-refractivity contribution in [2.45, 2.75) is 39.3 Å². The van der Waals surface area contributed by atoms with E-state index in [1.165, 1.54) is 0 Å². The van der Waals surface area contributed by atoms with Gasteiger partial charge >= 0.3 is 0 Å². The Kier molecular flexibility index (Phi) is 4.41. The molecular formula is C14H19BFO2. The number of hydrogen-bond donors (Lipinski definition) is 0. The average Bonchev–Trinajstić information content (AvgIpc) is 3.18. The van der Waals surface area contributed by atoms with Crippen LogP contribution in [-0.2, 0) is 9.47 Å². The molecule has 0 bridgehead atoms. The molecule has 1 aliphatic rings. The van der Waals surface area contributed by atoms with Crippen molar-refractivity contribution < 1.29 is 13.9 Å². The Hall–Kier alpha value is -0.865. The van der Waals surface area contributed by atoms with E-state index in [-0.39, 0.29) is 18.0 Å². The lowest BCUT2D eigenvalue weighted by Crippen LogP contribution is -2.23. The Balaban J connectivity index is 2.18. The van der Waals surface area contributed by atoms with Gasteiger partial charge in [0.05, 0.1) is 19.3 Å². The van der Waals surface area contributed by atoms with Crippen LogP contribution >= 0.6 is 0 Å². The van der Waals surface area contributed by atoms with Crippen molar-refractivity contribution in [3.8, 4) is 0 Å². The number of hydrogen-bond acceptors (Lipinski definition) is 2. The van der Waals surface area contributed by atoms with Gasteiger partial charge in [-0.15, -0.1) is 0 Å². The summed E-state index contributed by atoms with van der Waals surface area (Å²) in [4.78, 5) is 0. The molecule has 97 valence electrons. The van der Waals surface area contributed by atoms with Crippen LogP contribution in [0.5, 0.6) is 0 Å². The van der Waals surface area contributed by atoms with Crippen LogP contribution in [0.4, 0.5) is 4.39 Å². The maximum atomic E-state index is 13.7. The van der Waals surface area contributed by atoms with E-state index >= 15 is 0 Å². The zero-order valence-corrected chi connectivity index (χ0v) is 11.2. The van der Waals surface area contributed by atoms with Crippen LogP contribution in [0.2, 0.25) is 6.82 Å². The molecule has 1 fully saturated rings. The highest BCUT2D eigenvalue weighted by Gasteiger charge is 2.25. The van der Waals surface area contributed by atoms with Crippen molar-refractivity contribution in [3.05, 3.63) is 29.1 Å². The SMILES string of the molecule is C[B]c1cc(C)c(F)cc1[C@@H](CC)OC[C@H]1CO1. The fraction of sp³-hybridized carbons (Fsp3) is 0.571. The lowest BCUT2D eigenvalue weighted by molar-refractivity contribution is 0.0399. The normalized spacial score (nSPS) is 19.7. The summed E-state index contributed by atoms with van der Waals surface area (Å²) in [5.74, 6) is -0.166. The van der Waals surface area contributed by atoms with E-state index in [4.69, 9.17) is 9.47 Å². The fourth-order valence-corrected chi connectivity index (χ4v) is 2.06. The predicted octanol–water partition coefficient (Wildman–Crippen LogP) is 2.38. The Labute approximate surface area is 109 Å². The Morgan fingerprint density at radius 3 is 2.83 bits per heavy atom. The number of aryl methyl sites for hydroxylation is 1. The molecule has 0 spiro atoms. The number of rotatable bonds is 6. The molecule has 0 unspecified atom stereocenters. The zero-order valence-electron chi connectivity index (χ0n) is 11.2. The van der Waals surface area contributed by atoms with E-state index in [9.17, 15) is 4.39 Å². The molecule has 1 aromatic rings. The van der Waals surface area contributed by atoms with Gasteiger partial charge in [-0.2, -0.15) is 0 Å². The van der Waals surface area contributed by atoms with Crippen LogP contribution in [0.3, 0.4) is 0 Å². The molecule has 2 rings (SSSR count). The second kappa shape index (κ2) is 5.85. The second-order valence-corrected chi connectivity index (χ2v) is 4.70.